The van der Waals surface area contributed by atoms with Crippen molar-refractivity contribution in [1.29, 1.82) is 0 Å². The summed E-state index contributed by atoms with van der Waals surface area (Å²) < 4.78 is 22.0. The number of benzene rings is 2. The molecular weight excluding hydrogens is 328 g/mol. The fraction of sp³-hybridized carbons (Fsp3) is 0.455. The first-order valence-electron chi connectivity index (χ1n) is 9.17. The Hall–Kier alpha value is -2.36. The molecule has 0 bridgehead atoms. The molecule has 2 aromatic carbocycles. The van der Waals surface area contributed by atoms with Gasteiger partial charge in [-0.15, -0.1) is 0 Å². The van der Waals surface area contributed by atoms with E-state index < -0.39 is 0 Å². The molecule has 4 heteroatoms. The molecule has 0 saturated heterocycles. The predicted octanol–water partition coefficient (Wildman–Crippen LogP) is 4.17. The molecule has 0 aliphatic heterocycles. The lowest BCUT2D eigenvalue weighted by Gasteiger charge is -2.20. The summed E-state index contributed by atoms with van der Waals surface area (Å²) in [4.78, 5) is 0. The molecule has 0 heterocycles. The molecule has 138 valence electrons. The molecule has 2 aliphatic carbocycles. The Morgan fingerprint density at radius 2 is 1.12 bits per heavy atom. The third-order valence-electron chi connectivity index (χ3n) is 6.01. The summed E-state index contributed by atoms with van der Waals surface area (Å²) in [6.45, 7) is 0. The highest BCUT2D eigenvalue weighted by Crippen LogP contribution is 2.48. The minimum absolute atomic E-state index is 0.564. The van der Waals surface area contributed by atoms with Crippen LogP contribution in [0.15, 0.2) is 24.3 Å². The predicted molar refractivity (Wildman–Crippen MR) is 101 cm³/mol. The third kappa shape index (κ3) is 2.68. The number of ether oxygens (including phenoxy) is 4. The first-order valence-corrected chi connectivity index (χ1v) is 9.17. The van der Waals surface area contributed by atoms with Crippen molar-refractivity contribution in [3.05, 3.63) is 46.5 Å². The lowest BCUT2D eigenvalue weighted by Crippen LogP contribution is -2.11. The van der Waals surface area contributed by atoms with Crippen molar-refractivity contribution >= 4 is 0 Å². The lowest BCUT2D eigenvalue weighted by atomic mass is 9.85. The molecule has 0 fully saturated rings. The number of hydrogen-bond donors (Lipinski definition) is 0. The van der Waals surface area contributed by atoms with Gasteiger partial charge in [-0.05, 0) is 84.0 Å². The van der Waals surface area contributed by atoms with Crippen LogP contribution in [0, 0.1) is 5.92 Å². The SMILES string of the molecule is COc1cc2c(cc1OC)CC(C1CCc3cc(OC)c(OC)cc31)C2. The normalized spacial score (nSPS) is 18.4. The summed E-state index contributed by atoms with van der Waals surface area (Å²) >= 11 is 0. The van der Waals surface area contributed by atoms with E-state index in [0.29, 0.717) is 11.8 Å². The van der Waals surface area contributed by atoms with Crippen molar-refractivity contribution in [2.24, 2.45) is 5.92 Å². The van der Waals surface area contributed by atoms with Crippen LogP contribution in [-0.4, -0.2) is 28.4 Å². The quantitative estimate of drug-likeness (QED) is 0.808. The van der Waals surface area contributed by atoms with Gasteiger partial charge < -0.3 is 18.9 Å². The molecule has 0 saturated carbocycles. The highest BCUT2D eigenvalue weighted by Gasteiger charge is 2.35. The minimum atomic E-state index is 0.564. The molecule has 1 unspecified atom stereocenters. The summed E-state index contributed by atoms with van der Waals surface area (Å²) in [5.74, 6) is 4.48. The second kappa shape index (κ2) is 6.75. The summed E-state index contributed by atoms with van der Waals surface area (Å²) in [6.07, 6.45) is 4.49. The van der Waals surface area contributed by atoms with E-state index in [2.05, 4.69) is 24.3 Å². The van der Waals surface area contributed by atoms with Crippen LogP contribution >= 0.6 is 0 Å². The van der Waals surface area contributed by atoms with Crippen molar-refractivity contribution < 1.29 is 18.9 Å². The summed E-state index contributed by atoms with van der Waals surface area (Å²) in [7, 11) is 6.80. The van der Waals surface area contributed by atoms with Gasteiger partial charge in [0.25, 0.3) is 0 Å². The maximum Gasteiger partial charge on any atom is 0.161 e. The monoisotopic (exact) mass is 354 g/mol. The van der Waals surface area contributed by atoms with Gasteiger partial charge in [-0.3, -0.25) is 0 Å². The highest BCUT2D eigenvalue weighted by molar-refractivity contribution is 5.53. The molecule has 1 atom stereocenters. The number of methoxy groups -OCH3 is 4. The largest absolute Gasteiger partial charge is 0.493 e. The first kappa shape index (κ1) is 17.1. The second-order valence-electron chi connectivity index (χ2n) is 7.20. The van der Waals surface area contributed by atoms with Gasteiger partial charge in [0.15, 0.2) is 23.0 Å². The van der Waals surface area contributed by atoms with Crippen LogP contribution in [0.4, 0.5) is 0 Å². The van der Waals surface area contributed by atoms with Crippen molar-refractivity contribution in [2.75, 3.05) is 28.4 Å². The van der Waals surface area contributed by atoms with Crippen molar-refractivity contribution in [3.63, 3.8) is 0 Å². The molecule has 0 radical (unpaired) electrons. The first-order chi connectivity index (χ1) is 12.7. The molecule has 0 amide bonds. The van der Waals surface area contributed by atoms with E-state index in [-0.39, 0.29) is 0 Å². The maximum atomic E-state index is 5.54. The minimum Gasteiger partial charge on any atom is -0.493 e. The molecule has 0 N–H and O–H groups in total. The van der Waals surface area contributed by atoms with Crippen molar-refractivity contribution in [3.8, 4) is 23.0 Å². The molecule has 2 aromatic rings. The van der Waals surface area contributed by atoms with Gasteiger partial charge in [0.05, 0.1) is 28.4 Å². The van der Waals surface area contributed by atoms with Crippen LogP contribution in [0.3, 0.4) is 0 Å². The van der Waals surface area contributed by atoms with E-state index in [4.69, 9.17) is 18.9 Å². The lowest BCUT2D eigenvalue weighted by molar-refractivity contribution is 0.353. The van der Waals surface area contributed by atoms with E-state index in [0.717, 1.165) is 42.3 Å². The van der Waals surface area contributed by atoms with Crippen LogP contribution < -0.4 is 18.9 Å². The van der Waals surface area contributed by atoms with Crippen molar-refractivity contribution in [2.45, 2.75) is 31.6 Å². The maximum absolute atomic E-state index is 5.54. The van der Waals surface area contributed by atoms with Crippen molar-refractivity contribution in [1.82, 2.24) is 0 Å². The van der Waals surface area contributed by atoms with E-state index in [1.54, 1.807) is 28.4 Å². The number of aryl methyl sites for hydroxylation is 1. The van der Waals surface area contributed by atoms with E-state index in [1.165, 1.54) is 28.7 Å². The number of hydrogen-bond acceptors (Lipinski definition) is 4. The van der Waals surface area contributed by atoms with Gasteiger partial charge in [0.2, 0.25) is 0 Å². The van der Waals surface area contributed by atoms with Crippen LogP contribution in [-0.2, 0) is 19.3 Å². The molecule has 0 aromatic heterocycles. The van der Waals surface area contributed by atoms with Crippen LogP contribution in [0.25, 0.3) is 0 Å². The Bertz CT molecular complexity index is 794. The Labute approximate surface area is 155 Å². The zero-order valence-electron chi connectivity index (χ0n) is 15.9. The molecule has 26 heavy (non-hydrogen) atoms. The van der Waals surface area contributed by atoms with E-state index in [1.807, 2.05) is 0 Å². The van der Waals surface area contributed by atoms with Gasteiger partial charge in [0.1, 0.15) is 0 Å². The standard InChI is InChI=1S/C22H26O4/c1-23-19-9-13-5-6-17(18(13)12-22(19)26-4)16-7-14-10-20(24-2)21(25-3)11-15(14)8-16/h9-12,16-17H,5-8H2,1-4H3. The van der Waals surface area contributed by atoms with Gasteiger partial charge in [-0.1, -0.05) is 0 Å². The second-order valence-corrected chi connectivity index (χ2v) is 7.20. The Morgan fingerprint density at radius 3 is 1.62 bits per heavy atom. The molecule has 2 aliphatic rings. The summed E-state index contributed by atoms with van der Waals surface area (Å²) in [5.41, 5.74) is 5.61. The van der Waals surface area contributed by atoms with Crippen LogP contribution in [0.2, 0.25) is 0 Å². The fourth-order valence-electron chi connectivity index (χ4n) is 4.72. The van der Waals surface area contributed by atoms with Gasteiger partial charge >= 0.3 is 0 Å². The molecule has 4 rings (SSSR count). The Kier molecular flexibility index (Phi) is 4.43. The average Bonchev–Trinajstić information content (AvgIpc) is 3.27. The highest BCUT2D eigenvalue weighted by atomic mass is 16.5. The average molecular weight is 354 g/mol. The Morgan fingerprint density at radius 1 is 0.654 bits per heavy atom. The Balaban J connectivity index is 1.63. The fourth-order valence-corrected chi connectivity index (χ4v) is 4.72. The smallest absolute Gasteiger partial charge is 0.161 e. The van der Waals surface area contributed by atoms with E-state index >= 15 is 0 Å². The molecule has 0 spiro atoms. The topological polar surface area (TPSA) is 36.9 Å². The van der Waals surface area contributed by atoms with Gasteiger partial charge in [0, 0.05) is 0 Å². The van der Waals surface area contributed by atoms with Gasteiger partial charge in [-0.2, -0.15) is 0 Å². The third-order valence-corrected chi connectivity index (χ3v) is 6.01. The number of fused-ring (bicyclic) bond motifs is 2. The summed E-state index contributed by atoms with van der Waals surface area (Å²) in [5, 5.41) is 0. The number of rotatable bonds is 5. The zero-order chi connectivity index (χ0) is 18.3. The van der Waals surface area contributed by atoms with E-state index in [9.17, 15) is 0 Å². The van der Waals surface area contributed by atoms with Crippen LogP contribution in [0.5, 0.6) is 23.0 Å². The summed E-state index contributed by atoms with van der Waals surface area (Å²) in [6, 6.07) is 8.65. The zero-order valence-corrected chi connectivity index (χ0v) is 15.9. The van der Waals surface area contributed by atoms with Gasteiger partial charge in [-0.25, -0.2) is 0 Å². The molecule has 4 nitrogen and oxygen atoms in total. The molecular formula is C22H26O4. The van der Waals surface area contributed by atoms with Crippen LogP contribution in [0.1, 0.15) is 34.6 Å².